The van der Waals surface area contributed by atoms with Crippen LogP contribution in [0.2, 0.25) is 15.1 Å². The van der Waals surface area contributed by atoms with Gasteiger partial charge < -0.3 is 10.6 Å². The molecule has 0 amide bonds. The van der Waals surface area contributed by atoms with Gasteiger partial charge >= 0.3 is 5.69 Å². The number of nitrogens with zero attached hydrogens (tertiary/aromatic N) is 3. The highest BCUT2D eigenvalue weighted by atomic mass is 35.5. The van der Waals surface area contributed by atoms with Crippen LogP contribution in [0.3, 0.4) is 0 Å². The number of hydrogen-bond acceptors (Lipinski definition) is 6. The van der Waals surface area contributed by atoms with Crippen LogP contribution in [0.25, 0.3) is 0 Å². The van der Waals surface area contributed by atoms with E-state index >= 15 is 0 Å². The van der Waals surface area contributed by atoms with Crippen molar-refractivity contribution >= 4 is 63.5 Å². The molecular formula is C16H10Cl3N5O2. The minimum atomic E-state index is -0.577. The number of nitrogens with one attached hydrogen (secondary N) is 2. The van der Waals surface area contributed by atoms with Gasteiger partial charge in [0, 0.05) is 16.4 Å². The van der Waals surface area contributed by atoms with Crippen LogP contribution in [0.15, 0.2) is 48.8 Å². The van der Waals surface area contributed by atoms with Crippen LogP contribution in [-0.4, -0.2) is 14.9 Å². The summed E-state index contributed by atoms with van der Waals surface area (Å²) in [5, 5.41) is 18.5. The summed E-state index contributed by atoms with van der Waals surface area (Å²) in [6.07, 6.45) is 1.21. The van der Waals surface area contributed by atoms with E-state index in [2.05, 4.69) is 20.6 Å². The smallest absolute Gasteiger partial charge is 0.334 e. The molecule has 2 aromatic carbocycles. The van der Waals surface area contributed by atoms with Crippen LogP contribution < -0.4 is 10.6 Å². The van der Waals surface area contributed by atoms with Gasteiger partial charge in [0.25, 0.3) is 0 Å². The van der Waals surface area contributed by atoms with E-state index in [4.69, 9.17) is 34.8 Å². The third-order valence-electron chi connectivity index (χ3n) is 3.27. The van der Waals surface area contributed by atoms with Gasteiger partial charge in [-0.05, 0) is 36.4 Å². The Hall–Kier alpha value is -2.61. The quantitative estimate of drug-likeness (QED) is 0.406. The van der Waals surface area contributed by atoms with E-state index in [0.29, 0.717) is 26.4 Å². The highest BCUT2D eigenvalue weighted by Crippen LogP contribution is 2.34. The van der Waals surface area contributed by atoms with Crippen LogP contribution in [0, 0.1) is 10.1 Å². The van der Waals surface area contributed by atoms with E-state index in [1.807, 2.05) is 0 Å². The molecule has 0 spiro atoms. The van der Waals surface area contributed by atoms with E-state index in [9.17, 15) is 10.1 Å². The Morgan fingerprint density at radius 3 is 2.12 bits per heavy atom. The maximum Gasteiger partial charge on any atom is 0.353 e. The standard InChI is InChI=1S/C16H10Cl3N5O2/c17-9-2-1-3-10(6-9)22-15-14(24(25)26)16(21-8-20-15)23-11-4-5-12(18)13(19)7-11/h1-8H,(H2,20,21,22,23). The molecule has 1 heterocycles. The molecule has 0 atom stereocenters. The summed E-state index contributed by atoms with van der Waals surface area (Å²) in [6.45, 7) is 0. The fraction of sp³-hybridized carbons (Fsp3) is 0. The molecule has 3 rings (SSSR count). The van der Waals surface area contributed by atoms with Crippen molar-refractivity contribution in [2.45, 2.75) is 0 Å². The zero-order valence-electron chi connectivity index (χ0n) is 12.9. The van der Waals surface area contributed by atoms with E-state index in [-0.39, 0.29) is 17.3 Å². The number of anilines is 4. The Labute approximate surface area is 163 Å². The first kappa shape index (κ1) is 18.2. The van der Waals surface area contributed by atoms with Gasteiger partial charge in [0.2, 0.25) is 11.6 Å². The maximum atomic E-state index is 11.6. The van der Waals surface area contributed by atoms with Gasteiger partial charge in [0.1, 0.15) is 6.33 Å². The van der Waals surface area contributed by atoms with Gasteiger partial charge in [-0.1, -0.05) is 40.9 Å². The van der Waals surface area contributed by atoms with Gasteiger partial charge in [-0.2, -0.15) is 0 Å². The molecule has 0 fully saturated rings. The SMILES string of the molecule is O=[N+]([O-])c1c(Nc2cccc(Cl)c2)ncnc1Nc1ccc(Cl)c(Cl)c1. The van der Waals surface area contributed by atoms with Gasteiger partial charge in [0.05, 0.1) is 15.0 Å². The summed E-state index contributed by atoms with van der Waals surface area (Å²) in [6, 6.07) is 11.5. The second-order valence-corrected chi connectivity index (χ2v) is 6.32. The molecular weight excluding hydrogens is 401 g/mol. The third kappa shape index (κ3) is 4.13. The van der Waals surface area contributed by atoms with Crippen molar-refractivity contribution in [3.63, 3.8) is 0 Å². The first-order chi connectivity index (χ1) is 12.4. The predicted octanol–water partition coefficient (Wildman–Crippen LogP) is 5.83. The molecule has 0 saturated heterocycles. The van der Waals surface area contributed by atoms with E-state index in [0.717, 1.165) is 0 Å². The summed E-state index contributed by atoms with van der Waals surface area (Å²) < 4.78 is 0. The van der Waals surface area contributed by atoms with Crippen LogP contribution >= 0.6 is 34.8 Å². The van der Waals surface area contributed by atoms with Crippen LogP contribution in [0.5, 0.6) is 0 Å². The average Bonchev–Trinajstić information content (AvgIpc) is 2.58. The summed E-state index contributed by atoms with van der Waals surface area (Å²) in [4.78, 5) is 18.9. The van der Waals surface area contributed by atoms with Crippen LogP contribution in [-0.2, 0) is 0 Å². The Morgan fingerprint density at radius 1 is 0.885 bits per heavy atom. The fourth-order valence-corrected chi connectivity index (χ4v) is 2.64. The van der Waals surface area contributed by atoms with Crippen LogP contribution in [0.4, 0.5) is 28.7 Å². The lowest BCUT2D eigenvalue weighted by Gasteiger charge is -2.10. The van der Waals surface area contributed by atoms with Gasteiger partial charge in [-0.15, -0.1) is 0 Å². The highest BCUT2D eigenvalue weighted by molar-refractivity contribution is 6.42. The zero-order valence-corrected chi connectivity index (χ0v) is 15.2. The number of hydrogen-bond donors (Lipinski definition) is 2. The van der Waals surface area contributed by atoms with Gasteiger partial charge in [-0.3, -0.25) is 10.1 Å². The van der Waals surface area contributed by atoms with E-state index in [1.165, 1.54) is 6.33 Å². The lowest BCUT2D eigenvalue weighted by Crippen LogP contribution is -2.05. The molecule has 0 saturated carbocycles. The first-order valence-electron chi connectivity index (χ1n) is 7.18. The van der Waals surface area contributed by atoms with Gasteiger partial charge in [-0.25, -0.2) is 9.97 Å². The average molecular weight is 411 g/mol. The molecule has 2 N–H and O–H groups in total. The van der Waals surface area contributed by atoms with Crippen molar-refractivity contribution in [3.8, 4) is 0 Å². The zero-order chi connectivity index (χ0) is 18.7. The third-order valence-corrected chi connectivity index (χ3v) is 4.25. The molecule has 0 aliphatic rings. The van der Waals surface area contributed by atoms with Crippen molar-refractivity contribution in [3.05, 3.63) is 74.0 Å². The first-order valence-corrected chi connectivity index (χ1v) is 8.31. The Bertz CT molecular complexity index is 984. The van der Waals surface area contributed by atoms with Crippen molar-refractivity contribution in [1.29, 1.82) is 0 Å². The van der Waals surface area contributed by atoms with E-state index in [1.54, 1.807) is 42.5 Å². The molecule has 0 aliphatic heterocycles. The topological polar surface area (TPSA) is 93.0 Å². The highest BCUT2D eigenvalue weighted by Gasteiger charge is 2.23. The predicted molar refractivity (Wildman–Crippen MR) is 103 cm³/mol. The molecule has 3 aromatic rings. The minimum Gasteiger partial charge on any atom is -0.334 e. The van der Waals surface area contributed by atoms with Crippen LogP contribution in [0.1, 0.15) is 0 Å². The number of benzene rings is 2. The second kappa shape index (κ2) is 7.74. The number of nitro groups is 1. The molecule has 26 heavy (non-hydrogen) atoms. The largest absolute Gasteiger partial charge is 0.353 e. The number of aromatic nitrogens is 2. The minimum absolute atomic E-state index is 0.00733. The maximum absolute atomic E-state index is 11.6. The lowest BCUT2D eigenvalue weighted by atomic mass is 10.3. The molecule has 10 heteroatoms. The van der Waals surface area contributed by atoms with Gasteiger partial charge in [0.15, 0.2) is 0 Å². The summed E-state index contributed by atoms with van der Waals surface area (Å²) in [5.74, 6) is 0.0303. The Kier molecular flexibility index (Phi) is 5.41. The molecule has 1 aromatic heterocycles. The molecule has 132 valence electrons. The van der Waals surface area contributed by atoms with E-state index < -0.39 is 4.92 Å². The number of rotatable bonds is 5. The normalized spacial score (nSPS) is 10.4. The molecule has 0 aliphatic carbocycles. The molecule has 0 bridgehead atoms. The molecule has 0 radical (unpaired) electrons. The van der Waals surface area contributed by atoms with Crippen molar-refractivity contribution < 1.29 is 4.92 Å². The fourth-order valence-electron chi connectivity index (χ4n) is 2.15. The number of halogens is 3. The Morgan fingerprint density at radius 2 is 1.54 bits per heavy atom. The summed E-state index contributed by atoms with van der Waals surface area (Å²) in [5.41, 5.74) is 0.730. The Balaban J connectivity index is 1.98. The molecule has 0 unspecified atom stereocenters. The summed E-state index contributed by atoms with van der Waals surface area (Å²) in [7, 11) is 0. The van der Waals surface area contributed by atoms with Crippen molar-refractivity contribution in [2.75, 3.05) is 10.6 Å². The molecule has 7 nitrogen and oxygen atoms in total. The van der Waals surface area contributed by atoms with Crippen molar-refractivity contribution in [1.82, 2.24) is 9.97 Å². The van der Waals surface area contributed by atoms with Crippen molar-refractivity contribution in [2.24, 2.45) is 0 Å². The second-order valence-electron chi connectivity index (χ2n) is 5.07. The summed E-state index contributed by atoms with van der Waals surface area (Å²) >= 11 is 17.8. The lowest BCUT2D eigenvalue weighted by molar-refractivity contribution is -0.383. The monoisotopic (exact) mass is 409 g/mol.